The molecule has 0 saturated carbocycles. The average Bonchev–Trinajstić information content (AvgIpc) is 2.64. The van der Waals surface area contributed by atoms with Gasteiger partial charge in [0.2, 0.25) is 6.33 Å². The number of imidazole rings is 1. The Morgan fingerprint density at radius 3 is 2.69 bits per heavy atom. The summed E-state index contributed by atoms with van der Waals surface area (Å²) in [6.45, 7) is 6.94. The lowest BCUT2D eigenvalue weighted by molar-refractivity contribution is -0.671. The molecule has 0 saturated heterocycles. The van der Waals surface area contributed by atoms with Gasteiger partial charge in [-0.15, -0.1) is 0 Å². The van der Waals surface area contributed by atoms with Crippen LogP contribution in [-0.2, 0) is 23.1 Å². The maximum Gasteiger partial charge on any atom is 0.311 e. The molecule has 90 valence electrons. The van der Waals surface area contributed by atoms with Crippen LogP contribution in [0.25, 0.3) is 0 Å². The van der Waals surface area contributed by atoms with Crippen LogP contribution >= 0.6 is 0 Å². The zero-order valence-electron chi connectivity index (χ0n) is 10.6. The third kappa shape index (κ3) is 3.36. The highest BCUT2D eigenvalue weighted by Gasteiger charge is 2.26. The maximum absolute atomic E-state index is 11.7. The molecule has 0 aromatic carbocycles. The minimum atomic E-state index is -0.374. The van der Waals surface area contributed by atoms with Gasteiger partial charge in [-0.2, -0.15) is 0 Å². The van der Waals surface area contributed by atoms with Gasteiger partial charge in [-0.25, -0.2) is 9.13 Å². The lowest BCUT2D eigenvalue weighted by Crippen LogP contribution is -2.27. The Morgan fingerprint density at radius 1 is 1.50 bits per heavy atom. The molecule has 0 bridgehead atoms. The van der Waals surface area contributed by atoms with E-state index in [2.05, 4.69) is 0 Å². The Balaban J connectivity index is 2.33. The van der Waals surface area contributed by atoms with Crippen molar-refractivity contribution in [3.8, 4) is 0 Å². The Labute approximate surface area is 96.8 Å². The second-order valence-electron chi connectivity index (χ2n) is 4.69. The molecule has 4 nitrogen and oxygen atoms in total. The van der Waals surface area contributed by atoms with Crippen LogP contribution in [0, 0.1) is 5.41 Å². The van der Waals surface area contributed by atoms with Gasteiger partial charge in [0.1, 0.15) is 25.5 Å². The molecule has 0 unspecified atom stereocenters. The Bertz CT molecular complexity index is 356. The molecule has 1 aromatic heterocycles. The molecular formula is C12H21N2O2+. The highest BCUT2D eigenvalue weighted by Crippen LogP contribution is 2.21. The number of aromatic nitrogens is 2. The SMILES string of the molecule is CCC(C)(C)C(=O)OCCn1cc[n+](C)c1. The van der Waals surface area contributed by atoms with E-state index in [9.17, 15) is 4.79 Å². The zero-order chi connectivity index (χ0) is 12.2. The summed E-state index contributed by atoms with van der Waals surface area (Å²) >= 11 is 0. The second kappa shape index (κ2) is 5.14. The minimum absolute atomic E-state index is 0.119. The summed E-state index contributed by atoms with van der Waals surface area (Å²) < 4.78 is 9.19. The number of carbonyl (C=O) groups excluding carboxylic acids is 1. The third-order valence-corrected chi connectivity index (χ3v) is 2.84. The van der Waals surface area contributed by atoms with Gasteiger partial charge in [0.15, 0.2) is 0 Å². The number of rotatable bonds is 5. The van der Waals surface area contributed by atoms with Crippen LogP contribution in [-0.4, -0.2) is 17.1 Å². The normalized spacial score (nSPS) is 11.5. The minimum Gasteiger partial charge on any atom is -0.461 e. The Morgan fingerprint density at radius 2 is 2.19 bits per heavy atom. The van der Waals surface area contributed by atoms with Crippen LogP contribution < -0.4 is 4.57 Å². The molecule has 1 heterocycles. The molecule has 0 aliphatic rings. The van der Waals surface area contributed by atoms with E-state index >= 15 is 0 Å². The smallest absolute Gasteiger partial charge is 0.311 e. The van der Waals surface area contributed by atoms with E-state index in [1.807, 2.05) is 55.7 Å². The van der Waals surface area contributed by atoms with Gasteiger partial charge in [0, 0.05) is 0 Å². The van der Waals surface area contributed by atoms with Gasteiger partial charge < -0.3 is 4.74 Å². The summed E-state index contributed by atoms with van der Waals surface area (Å²) in [6.07, 6.45) is 6.67. The number of hydrogen-bond donors (Lipinski definition) is 0. The van der Waals surface area contributed by atoms with E-state index in [0.29, 0.717) is 13.2 Å². The fourth-order valence-electron chi connectivity index (χ4n) is 1.22. The maximum atomic E-state index is 11.7. The summed E-state index contributed by atoms with van der Waals surface area (Å²) in [4.78, 5) is 11.7. The molecule has 0 N–H and O–H groups in total. The first-order valence-electron chi connectivity index (χ1n) is 5.64. The Hall–Kier alpha value is -1.32. The summed E-state index contributed by atoms with van der Waals surface area (Å²) in [7, 11) is 1.96. The third-order valence-electron chi connectivity index (χ3n) is 2.84. The van der Waals surface area contributed by atoms with Crippen LogP contribution in [0.5, 0.6) is 0 Å². The van der Waals surface area contributed by atoms with Crippen molar-refractivity contribution in [1.29, 1.82) is 0 Å². The van der Waals surface area contributed by atoms with Gasteiger partial charge in [-0.3, -0.25) is 4.79 Å². The van der Waals surface area contributed by atoms with Crippen molar-refractivity contribution < 1.29 is 14.1 Å². The van der Waals surface area contributed by atoms with Crippen LogP contribution in [0.1, 0.15) is 27.2 Å². The van der Waals surface area contributed by atoms with Crippen molar-refractivity contribution in [2.45, 2.75) is 33.7 Å². The number of esters is 1. The van der Waals surface area contributed by atoms with Crippen LogP contribution in [0.4, 0.5) is 0 Å². The van der Waals surface area contributed by atoms with Crippen molar-refractivity contribution in [3.63, 3.8) is 0 Å². The molecule has 1 aromatic rings. The number of nitrogens with zero attached hydrogens (tertiary/aromatic N) is 2. The van der Waals surface area contributed by atoms with E-state index in [1.54, 1.807) is 0 Å². The van der Waals surface area contributed by atoms with Crippen molar-refractivity contribution in [2.24, 2.45) is 12.5 Å². The van der Waals surface area contributed by atoms with Gasteiger partial charge in [-0.1, -0.05) is 6.92 Å². The topological polar surface area (TPSA) is 35.1 Å². The highest BCUT2D eigenvalue weighted by atomic mass is 16.5. The van der Waals surface area contributed by atoms with E-state index in [1.165, 1.54) is 0 Å². The number of aryl methyl sites for hydroxylation is 1. The predicted molar refractivity (Wildman–Crippen MR) is 60.6 cm³/mol. The molecule has 0 amide bonds. The summed E-state index contributed by atoms with van der Waals surface area (Å²) in [5.74, 6) is -0.119. The number of ether oxygens (including phenoxy) is 1. The van der Waals surface area contributed by atoms with Crippen molar-refractivity contribution in [2.75, 3.05) is 6.61 Å². The highest BCUT2D eigenvalue weighted by molar-refractivity contribution is 5.75. The van der Waals surface area contributed by atoms with E-state index in [4.69, 9.17) is 4.74 Å². The molecule has 0 fully saturated rings. The largest absolute Gasteiger partial charge is 0.461 e. The average molecular weight is 225 g/mol. The van der Waals surface area contributed by atoms with Crippen LogP contribution in [0.2, 0.25) is 0 Å². The standard InChI is InChI=1S/C12H21N2O2/c1-5-12(2,3)11(15)16-9-8-14-7-6-13(4)10-14/h6-7,10H,5,8-9H2,1-4H3/q+1. The molecule has 4 heteroatoms. The summed E-state index contributed by atoms with van der Waals surface area (Å²) in [6, 6.07) is 0. The predicted octanol–water partition coefficient (Wildman–Crippen LogP) is 1.29. The molecular weight excluding hydrogens is 204 g/mol. The van der Waals surface area contributed by atoms with Gasteiger partial charge in [-0.05, 0) is 20.3 Å². The van der Waals surface area contributed by atoms with Gasteiger partial charge in [0.05, 0.1) is 12.5 Å². The summed E-state index contributed by atoms with van der Waals surface area (Å²) in [5, 5.41) is 0. The molecule has 0 aliphatic heterocycles. The monoisotopic (exact) mass is 225 g/mol. The summed E-state index contributed by atoms with van der Waals surface area (Å²) in [5.41, 5.74) is -0.374. The molecule has 1 rings (SSSR count). The number of carbonyl (C=O) groups is 1. The first-order valence-corrected chi connectivity index (χ1v) is 5.64. The van der Waals surface area contributed by atoms with Crippen LogP contribution in [0.15, 0.2) is 18.7 Å². The first kappa shape index (κ1) is 12.7. The second-order valence-corrected chi connectivity index (χ2v) is 4.69. The number of hydrogen-bond acceptors (Lipinski definition) is 2. The first-order chi connectivity index (χ1) is 7.45. The van der Waals surface area contributed by atoms with E-state index < -0.39 is 0 Å². The lowest BCUT2D eigenvalue weighted by Gasteiger charge is -2.19. The molecule has 0 spiro atoms. The van der Waals surface area contributed by atoms with E-state index in [-0.39, 0.29) is 11.4 Å². The zero-order valence-corrected chi connectivity index (χ0v) is 10.6. The van der Waals surface area contributed by atoms with Crippen molar-refractivity contribution in [3.05, 3.63) is 18.7 Å². The molecule has 0 aliphatic carbocycles. The van der Waals surface area contributed by atoms with Gasteiger partial charge >= 0.3 is 5.97 Å². The van der Waals surface area contributed by atoms with Crippen LogP contribution in [0.3, 0.4) is 0 Å². The van der Waals surface area contributed by atoms with Crippen molar-refractivity contribution in [1.82, 2.24) is 4.57 Å². The molecule has 0 radical (unpaired) electrons. The fraction of sp³-hybridized carbons (Fsp3) is 0.667. The molecule has 16 heavy (non-hydrogen) atoms. The Kier molecular flexibility index (Phi) is 4.10. The van der Waals surface area contributed by atoms with Crippen molar-refractivity contribution >= 4 is 5.97 Å². The van der Waals surface area contributed by atoms with E-state index in [0.717, 1.165) is 6.42 Å². The quantitative estimate of drug-likeness (QED) is 0.559. The lowest BCUT2D eigenvalue weighted by atomic mass is 9.91. The molecule has 0 atom stereocenters. The fourth-order valence-corrected chi connectivity index (χ4v) is 1.22. The van der Waals surface area contributed by atoms with Gasteiger partial charge in [0.25, 0.3) is 0 Å².